The van der Waals surface area contributed by atoms with Crippen LogP contribution in [-0.2, 0) is 11.2 Å². The van der Waals surface area contributed by atoms with Gasteiger partial charge >= 0.3 is 0 Å². The van der Waals surface area contributed by atoms with Crippen LogP contribution in [0.25, 0.3) is 0 Å². The lowest BCUT2D eigenvalue weighted by molar-refractivity contribution is 0.184. The number of methoxy groups -OCH3 is 1. The van der Waals surface area contributed by atoms with Crippen molar-refractivity contribution in [2.24, 2.45) is 0 Å². The van der Waals surface area contributed by atoms with Crippen molar-refractivity contribution < 1.29 is 4.74 Å². The summed E-state index contributed by atoms with van der Waals surface area (Å²) in [5.41, 5.74) is 1.38. The molecule has 0 aromatic heterocycles. The Morgan fingerprint density at radius 1 is 1.33 bits per heavy atom. The Hall–Kier alpha value is -0.130. The average molecular weight is 319 g/mol. The first-order valence-electron chi connectivity index (χ1n) is 5.17. The number of halogens is 1. The van der Waals surface area contributed by atoms with Crippen LogP contribution in [0.5, 0.6) is 0 Å². The first-order chi connectivity index (χ1) is 7.26. The van der Waals surface area contributed by atoms with E-state index in [1.54, 1.807) is 7.11 Å². The first-order valence-corrected chi connectivity index (χ1v) is 6.24. The number of hydrogen-bond acceptors (Lipinski definition) is 2. The molecule has 2 nitrogen and oxygen atoms in total. The maximum Gasteiger partial charge on any atom is 0.0477 e. The van der Waals surface area contributed by atoms with Crippen molar-refractivity contribution >= 4 is 22.6 Å². The van der Waals surface area contributed by atoms with E-state index in [0.29, 0.717) is 6.04 Å². The summed E-state index contributed by atoms with van der Waals surface area (Å²) in [5.74, 6) is 0. The first kappa shape index (κ1) is 12.9. The fraction of sp³-hybridized carbons (Fsp3) is 0.500. The minimum atomic E-state index is 0.505. The van der Waals surface area contributed by atoms with Crippen molar-refractivity contribution in [3.8, 4) is 0 Å². The van der Waals surface area contributed by atoms with Gasteiger partial charge in [0.15, 0.2) is 0 Å². The third-order valence-corrected chi connectivity index (χ3v) is 3.19. The molecule has 0 radical (unpaired) electrons. The fourth-order valence-corrected chi connectivity index (χ4v) is 1.87. The van der Waals surface area contributed by atoms with E-state index < -0.39 is 0 Å². The van der Waals surface area contributed by atoms with Gasteiger partial charge in [-0.15, -0.1) is 0 Å². The van der Waals surface area contributed by atoms with E-state index in [2.05, 4.69) is 52.2 Å². The molecule has 1 N–H and O–H groups in total. The molecule has 1 aromatic rings. The molecule has 1 atom stereocenters. The number of rotatable bonds is 6. The van der Waals surface area contributed by atoms with Crippen LogP contribution in [0, 0.1) is 3.57 Å². The van der Waals surface area contributed by atoms with Crippen LogP contribution in [0.1, 0.15) is 12.0 Å². The zero-order chi connectivity index (χ0) is 11.1. The van der Waals surface area contributed by atoms with Crippen molar-refractivity contribution in [1.29, 1.82) is 0 Å². The Morgan fingerprint density at radius 3 is 2.53 bits per heavy atom. The van der Waals surface area contributed by atoms with E-state index in [1.165, 1.54) is 9.13 Å². The number of nitrogens with one attached hydrogen (secondary N) is 1. The lowest BCUT2D eigenvalue weighted by atomic mass is 10.0. The molecular weight excluding hydrogens is 301 g/mol. The Morgan fingerprint density at radius 2 is 2.00 bits per heavy atom. The molecule has 3 heteroatoms. The summed E-state index contributed by atoms with van der Waals surface area (Å²) in [5, 5.41) is 3.32. The predicted octanol–water partition coefficient (Wildman–Crippen LogP) is 2.46. The third kappa shape index (κ3) is 4.95. The van der Waals surface area contributed by atoms with Gasteiger partial charge in [0.05, 0.1) is 0 Å². The molecular formula is C12H18INO. The Balaban J connectivity index is 2.47. The highest BCUT2D eigenvalue weighted by Gasteiger charge is 2.06. The van der Waals surface area contributed by atoms with E-state index in [4.69, 9.17) is 4.74 Å². The highest BCUT2D eigenvalue weighted by Crippen LogP contribution is 2.10. The molecule has 0 spiro atoms. The summed E-state index contributed by atoms with van der Waals surface area (Å²) >= 11 is 2.33. The van der Waals surface area contributed by atoms with E-state index in [0.717, 1.165) is 19.4 Å². The quantitative estimate of drug-likeness (QED) is 0.814. The van der Waals surface area contributed by atoms with Gasteiger partial charge in [-0.05, 0) is 60.2 Å². The van der Waals surface area contributed by atoms with Gasteiger partial charge in [0.25, 0.3) is 0 Å². The van der Waals surface area contributed by atoms with Crippen LogP contribution < -0.4 is 5.32 Å². The van der Waals surface area contributed by atoms with Crippen LogP contribution >= 0.6 is 22.6 Å². The summed E-state index contributed by atoms with van der Waals surface area (Å²) in [7, 11) is 3.75. The molecule has 15 heavy (non-hydrogen) atoms. The van der Waals surface area contributed by atoms with Gasteiger partial charge in [-0.25, -0.2) is 0 Å². The Kier molecular flexibility index (Phi) is 6.20. The monoisotopic (exact) mass is 319 g/mol. The van der Waals surface area contributed by atoms with Crippen molar-refractivity contribution in [3.05, 3.63) is 33.4 Å². The topological polar surface area (TPSA) is 21.3 Å². The van der Waals surface area contributed by atoms with Crippen molar-refractivity contribution in [1.82, 2.24) is 5.32 Å². The van der Waals surface area contributed by atoms with Gasteiger partial charge in [-0.1, -0.05) is 12.1 Å². The second kappa shape index (κ2) is 7.19. The predicted molar refractivity (Wildman–Crippen MR) is 72.2 cm³/mol. The summed E-state index contributed by atoms with van der Waals surface area (Å²) in [6.45, 7) is 0.815. The van der Waals surface area contributed by atoms with Gasteiger partial charge in [0.2, 0.25) is 0 Å². The standard InChI is InChI=1S/C12H18INO/c1-14-12(7-8-15-2)9-10-3-5-11(13)6-4-10/h3-6,12,14H,7-9H2,1-2H3. The normalized spacial score (nSPS) is 12.7. The highest BCUT2D eigenvalue weighted by atomic mass is 127. The molecule has 1 unspecified atom stereocenters. The molecule has 0 saturated heterocycles. The second-order valence-corrected chi connectivity index (χ2v) is 4.84. The highest BCUT2D eigenvalue weighted by molar-refractivity contribution is 14.1. The fourth-order valence-electron chi connectivity index (χ4n) is 1.51. The molecule has 0 bridgehead atoms. The molecule has 0 saturated carbocycles. The second-order valence-electron chi connectivity index (χ2n) is 3.60. The molecule has 0 aliphatic heterocycles. The number of hydrogen-bond donors (Lipinski definition) is 1. The largest absolute Gasteiger partial charge is 0.385 e. The summed E-state index contributed by atoms with van der Waals surface area (Å²) < 4.78 is 6.38. The van der Waals surface area contributed by atoms with Gasteiger partial charge in [0, 0.05) is 23.3 Å². The maximum absolute atomic E-state index is 5.09. The van der Waals surface area contributed by atoms with Crippen LogP contribution in [0.2, 0.25) is 0 Å². The molecule has 0 amide bonds. The van der Waals surface area contributed by atoms with Crippen molar-refractivity contribution in [2.75, 3.05) is 20.8 Å². The third-order valence-electron chi connectivity index (χ3n) is 2.47. The van der Waals surface area contributed by atoms with Gasteiger partial charge in [-0.3, -0.25) is 0 Å². The zero-order valence-corrected chi connectivity index (χ0v) is 11.5. The van der Waals surface area contributed by atoms with E-state index in [1.807, 2.05) is 7.05 Å². The van der Waals surface area contributed by atoms with Crippen LogP contribution in [0.15, 0.2) is 24.3 Å². The molecule has 0 fully saturated rings. The van der Waals surface area contributed by atoms with Gasteiger partial charge < -0.3 is 10.1 Å². The molecule has 0 heterocycles. The molecule has 1 rings (SSSR count). The van der Waals surface area contributed by atoms with Crippen LogP contribution in [0.4, 0.5) is 0 Å². The smallest absolute Gasteiger partial charge is 0.0477 e. The number of benzene rings is 1. The summed E-state index contributed by atoms with van der Waals surface area (Å²) in [6, 6.07) is 9.19. The van der Waals surface area contributed by atoms with Crippen LogP contribution in [0.3, 0.4) is 0 Å². The molecule has 84 valence electrons. The SMILES string of the molecule is CNC(CCOC)Cc1ccc(I)cc1. The number of ether oxygens (including phenoxy) is 1. The summed E-state index contributed by atoms with van der Waals surface area (Å²) in [6.07, 6.45) is 2.12. The minimum Gasteiger partial charge on any atom is -0.385 e. The average Bonchev–Trinajstić information content (AvgIpc) is 2.27. The van der Waals surface area contributed by atoms with Gasteiger partial charge in [0.1, 0.15) is 0 Å². The number of likely N-dealkylation sites (N-methyl/N-ethyl adjacent to an activating group) is 1. The maximum atomic E-state index is 5.09. The van der Waals surface area contributed by atoms with Crippen molar-refractivity contribution in [2.45, 2.75) is 18.9 Å². The minimum absolute atomic E-state index is 0.505. The summed E-state index contributed by atoms with van der Waals surface area (Å²) in [4.78, 5) is 0. The van der Waals surface area contributed by atoms with E-state index >= 15 is 0 Å². The van der Waals surface area contributed by atoms with Gasteiger partial charge in [-0.2, -0.15) is 0 Å². The Bertz CT molecular complexity index is 273. The lowest BCUT2D eigenvalue weighted by Gasteiger charge is -2.15. The Labute approximate surface area is 106 Å². The van der Waals surface area contributed by atoms with Crippen LogP contribution in [-0.4, -0.2) is 26.8 Å². The lowest BCUT2D eigenvalue weighted by Crippen LogP contribution is -2.28. The molecule has 0 aliphatic rings. The molecule has 1 aromatic carbocycles. The van der Waals surface area contributed by atoms with E-state index in [9.17, 15) is 0 Å². The zero-order valence-electron chi connectivity index (χ0n) is 9.29. The van der Waals surface area contributed by atoms with E-state index in [-0.39, 0.29) is 0 Å². The van der Waals surface area contributed by atoms with Crippen molar-refractivity contribution in [3.63, 3.8) is 0 Å². The molecule has 0 aliphatic carbocycles.